The van der Waals surface area contributed by atoms with Crippen molar-refractivity contribution in [2.24, 2.45) is 5.92 Å². The van der Waals surface area contributed by atoms with Gasteiger partial charge in [-0.15, -0.1) is 0 Å². The van der Waals surface area contributed by atoms with Crippen LogP contribution in [0.5, 0.6) is 0 Å². The molecular weight excluding hydrogens is 344 g/mol. The van der Waals surface area contributed by atoms with Crippen LogP contribution in [0.25, 0.3) is 0 Å². The second kappa shape index (κ2) is 9.81. The van der Waals surface area contributed by atoms with Gasteiger partial charge in [-0.3, -0.25) is 4.79 Å². The molecule has 1 aromatic carbocycles. The lowest BCUT2D eigenvalue weighted by Gasteiger charge is -2.29. The summed E-state index contributed by atoms with van der Waals surface area (Å²) in [6.45, 7) is 8.40. The number of alkyl carbamates (subject to hydrolysis) is 1. The second-order valence-electron chi connectivity index (χ2n) is 6.88. The molecular formula is C20H28N4O3. The van der Waals surface area contributed by atoms with Crippen LogP contribution in [0.3, 0.4) is 0 Å². The Balaban J connectivity index is 2.06. The van der Waals surface area contributed by atoms with Crippen molar-refractivity contribution in [3.05, 3.63) is 29.8 Å². The van der Waals surface area contributed by atoms with E-state index in [2.05, 4.69) is 16.3 Å². The Morgan fingerprint density at radius 1 is 1.22 bits per heavy atom. The molecule has 7 nitrogen and oxygen atoms in total. The van der Waals surface area contributed by atoms with Crippen molar-refractivity contribution >= 4 is 17.7 Å². The van der Waals surface area contributed by atoms with Crippen molar-refractivity contribution in [2.75, 3.05) is 37.7 Å². The van der Waals surface area contributed by atoms with Crippen molar-refractivity contribution in [2.45, 2.75) is 33.2 Å². The fraction of sp³-hybridized carbons (Fsp3) is 0.550. The van der Waals surface area contributed by atoms with E-state index in [1.807, 2.05) is 32.0 Å². The summed E-state index contributed by atoms with van der Waals surface area (Å²) >= 11 is 0. The van der Waals surface area contributed by atoms with Gasteiger partial charge in [0.05, 0.1) is 17.9 Å². The first-order valence-corrected chi connectivity index (χ1v) is 9.44. The highest BCUT2D eigenvalue weighted by Crippen LogP contribution is 2.21. The Labute approximate surface area is 160 Å². The number of benzene rings is 1. The molecule has 1 aliphatic heterocycles. The van der Waals surface area contributed by atoms with Gasteiger partial charge in [0.25, 0.3) is 0 Å². The molecule has 1 N–H and O–H groups in total. The molecule has 1 aromatic rings. The Bertz CT molecular complexity index is 699. The molecule has 0 saturated carbocycles. The maximum Gasteiger partial charge on any atom is 0.407 e. The topological polar surface area (TPSA) is 85.7 Å². The number of amides is 2. The van der Waals surface area contributed by atoms with Crippen LogP contribution in [0.1, 0.15) is 32.8 Å². The van der Waals surface area contributed by atoms with Crippen molar-refractivity contribution in [3.8, 4) is 6.07 Å². The first-order chi connectivity index (χ1) is 13.0. The molecule has 1 heterocycles. The Morgan fingerprint density at radius 3 is 2.63 bits per heavy atom. The molecule has 0 unspecified atom stereocenters. The standard InChI is InChI=1S/C20H28N4O3/c1-4-27-20(26)22-18(15(2)3)19(25)24-11-7-10-23(12-13-24)17-9-6-5-8-16(17)14-21/h5-6,8-9,15,18H,4,7,10-13H2,1-3H3,(H,22,26)/t18-/m1/s1. The molecule has 1 atom stereocenters. The number of nitrogens with zero attached hydrogens (tertiary/aromatic N) is 3. The molecule has 0 aliphatic carbocycles. The average Bonchev–Trinajstić information content (AvgIpc) is 2.91. The highest BCUT2D eigenvalue weighted by Gasteiger charge is 2.30. The highest BCUT2D eigenvalue weighted by molar-refractivity contribution is 5.86. The minimum Gasteiger partial charge on any atom is -0.450 e. The maximum atomic E-state index is 13.0. The number of hydrogen-bond donors (Lipinski definition) is 1. The zero-order valence-corrected chi connectivity index (χ0v) is 16.3. The summed E-state index contributed by atoms with van der Waals surface area (Å²) in [7, 11) is 0. The number of rotatable bonds is 5. The van der Waals surface area contributed by atoms with E-state index in [-0.39, 0.29) is 18.4 Å². The number of para-hydroxylation sites is 1. The molecule has 1 saturated heterocycles. The average molecular weight is 372 g/mol. The molecule has 0 spiro atoms. The summed E-state index contributed by atoms with van der Waals surface area (Å²) in [6.07, 6.45) is 0.236. The van der Waals surface area contributed by atoms with Gasteiger partial charge in [-0.2, -0.15) is 5.26 Å². The molecule has 27 heavy (non-hydrogen) atoms. The maximum absolute atomic E-state index is 13.0. The number of nitriles is 1. The molecule has 2 amide bonds. The molecule has 0 bridgehead atoms. The third-order valence-electron chi connectivity index (χ3n) is 4.65. The number of anilines is 1. The van der Waals surface area contributed by atoms with E-state index < -0.39 is 12.1 Å². The fourth-order valence-electron chi connectivity index (χ4n) is 3.23. The van der Waals surface area contributed by atoms with Crippen molar-refractivity contribution in [1.82, 2.24) is 10.2 Å². The van der Waals surface area contributed by atoms with E-state index in [1.165, 1.54) is 0 Å². The molecule has 7 heteroatoms. The fourth-order valence-corrected chi connectivity index (χ4v) is 3.23. The molecule has 1 fully saturated rings. The highest BCUT2D eigenvalue weighted by atomic mass is 16.5. The van der Waals surface area contributed by atoms with E-state index in [0.717, 1.165) is 18.7 Å². The van der Waals surface area contributed by atoms with E-state index in [4.69, 9.17) is 4.74 Å². The normalized spacial score (nSPS) is 15.7. The van der Waals surface area contributed by atoms with Gasteiger partial charge in [0.15, 0.2) is 0 Å². The number of nitrogens with one attached hydrogen (secondary N) is 1. The summed E-state index contributed by atoms with van der Waals surface area (Å²) < 4.78 is 4.93. The van der Waals surface area contributed by atoms with Gasteiger partial charge < -0.3 is 19.9 Å². The molecule has 2 rings (SSSR count). The summed E-state index contributed by atoms with van der Waals surface area (Å²) in [5, 5.41) is 12.0. The van der Waals surface area contributed by atoms with Gasteiger partial charge in [0, 0.05) is 26.2 Å². The third kappa shape index (κ3) is 5.36. The van der Waals surface area contributed by atoms with E-state index in [0.29, 0.717) is 25.2 Å². The minimum atomic E-state index is -0.609. The Morgan fingerprint density at radius 2 is 1.96 bits per heavy atom. The van der Waals surface area contributed by atoms with Crippen molar-refractivity contribution < 1.29 is 14.3 Å². The molecule has 1 aliphatic rings. The minimum absolute atomic E-state index is 0.0411. The lowest BCUT2D eigenvalue weighted by molar-refractivity contribution is -0.134. The lowest BCUT2D eigenvalue weighted by Crippen LogP contribution is -2.52. The smallest absolute Gasteiger partial charge is 0.407 e. The summed E-state index contributed by atoms with van der Waals surface area (Å²) in [5.41, 5.74) is 1.54. The van der Waals surface area contributed by atoms with Gasteiger partial charge in [0.1, 0.15) is 12.1 Å². The van der Waals surface area contributed by atoms with E-state index in [9.17, 15) is 14.9 Å². The van der Waals surface area contributed by atoms with Crippen LogP contribution in [-0.4, -0.2) is 55.7 Å². The zero-order chi connectivity index (χ0) is 19.8. The first kappa shape index (κ1) is 20.6. The van der Waals surface area contributed by atoms with E-state index in [1.54, 1.807) is 17.9 Å². The lowest BCUT2D eigenvalue weighted by atomic mass is 10.0. The summed E-state index contributed by atoms with van der Waals surface area (Å²) in [4.78, 5) is 28.7. The largest absolute Gasteiger partial charge is 0.450 e. The van der Waals surface area contributed by atoms with Crippen molar-refractivity contribution in [1.29, 1.82) is 5.26 Å². The SMILES string of the molecule is CCOC(=O)N[C@@H](C(=O)N1CCCN(c2ccccc2C#N)CC1)C(C)C. The predicted molar refractivity (Wildman–Crippen MR) is 103 cm³/mol. The van der Waals surface area contributed by atoms with Crippen LogP contribution in [-0.2, 0) is 9.53 Å². The number of hydrogen-bond acceptors (Lipinski definition) is 5. The second-order valence-corrected chi connectivity index (χ2v) is 6.88. The van der Waals surface area contributed by atoms with Gasteiger partial charge in [-0.05, 0) is 31.4 Å². The zero-order valence-electron chi connectivity index (χ0n) is 16.3. The van der Waals surface area contributed by atoms with Crippen LogP contribution >= 0.6 is 0 Å². The van der Waals surface area contributed by atoms with Crippen LogP contribution in [0.2, 0.25) is 0 Å². The Kier molecular flexibility index (Phi) is 7.47. The van der Waals surface area contributed by atoms with E-state index >= 15 is 0 Å². The Hall–Kier alpha value is -2.75. The van der Waals surface area contributed by atoms with Gasteiger partial charge in [-0.1, -0.05) is 26.0 Å². The van der Waals surface area contributed by atoms with Gasteiger partial charge in [0.2, 0.25) is 5.91 Å². The molecule has 0 aromatic heterocycles. The molecule has 146 valence electrons. The molecule has 0 radical (unpaired) electrons. The van der Waals surface area contributed by atoms with Crippen LogP contribution < -0.4 is 10.2 Å². The summed E-state index contributed by atoms with van der Waals surface area (Å²) in [5.74, 6) is -0.131. The first-order valence-electron chi connectivity index (χ1n) is 9.44. The van der Waals surface area contributed by atoms with Crippen molar-refractivity contribution in [3.63, 3.8) is 0 Å². The monoisotopic (exact) mass is 372 g/mol. The number of carbonyl (C=O) groups excluding carboxylic acids is 2. The van der Waals surface area contributed by atoms with Gasteiger partial charge in [-0.25, -0.2) is 4.79 Å². The van der Waals surface area contributed by atoms with Crippen LogP contribution in [0, 0.1) is 17.2 Å². The predicted octanol–water partition coefficient (Wildman–Crippen LogP) is 2.37. The quantitative estimate of drug-likeness (QED) is 0.858. The number of carbonyl (C=O) groups is 2. The van der Waals surface area contributed by atoms with Crippen LogP contribution in [0.15, 0.2) is 24.3 Å². The number of ether oxygens (including phenoxy) is 1. The summed E-state index contributed by atoms with van der Waals surface area (Å²) in [6, 6.07) is 9.14. The van der Waals surface area contributed by atoms with Gasteiger partial charge >= 0.3 is 6.09 Å². The van der Waals surface area contributed by atoms with Crippen LogP contribution in [0.4, 0.5) is 10.5 Å². The third-order valence-corrected chi connectivity index (χ3v) is 4.65.